The van der Waals surface area contributed by atoms with Crippen LogP contribution in [0.3, 0.4) is 0 Å². The van der Waals surface area contributed by atoms with E-state index in [1.165, 1.54) is 0 Å². The largest absolute Gasteiger partial charge is 0.310 e. The lowest BCUT2D eigenvalue weighted by Gasteiger charge is -2.46. The summed E-state index contributed by atoms with van der Waals surface area (Å²) in [4.78, 5) is 3.68. The van der Waals surface area contributed by atoms with E-state index >= 15 is 0 Å². The van der Waals surface area contributed by atoms with Crippen LogP contribution in [-0.4, -0.2) is 6.71 Å². The maximum absolute atomic E-state index is 11.8. The van der Waals surface area contributed by atoms with Gasteiger partial charge in [-0.25, -0.2) is 0 Å². The van der Waals surface area contributed by atoms with E-state index in [-0.39, 0.29) is 159 Å². The Hall–Kier alpha value is -9.70. The van der Waals surface area contributed by atoms with Crippen LogP contribution in [0.4, 0.5) is 34.1 Å². The summed E-state index contributed by atoms with van der Waals surface area (Å²) in [6, 6.07) is 17.5. The maximum atomic E-state index is 11.8. The van der Waals surface area contributed by atoms with E-state index in [1.807, 2.05) is 160 Å². The molecule has 0 spiro atoms. The second-order valence-electron chi connectivity index (χ2n) is 47.1. The van der Waals surface area contributed by atoms with Gasteiger partial charge in [0.25, 0.3) is 6.71 Å². The number of hydrogen-bond donors (Lipinski definition) is 0. The molecule has 2 aliphatic rings. The number of anilines is 6. The Morgan fingerprint density at radius 1 is 0.203 bits per heavy atom. The summed E-state index contributed by atoms with van der Waals surface area (Å²) in [5.41, 5.74) is -4.88. The Kier molecular flexibility index (Phi) is 15.9. The summed E-state index contributed by atoms with van der Waals surface area (Å²) in [7, 11) is 0. The van der Waals surface area contributed by atoms with Crippen molar-refractivity contribution in [3.05, 3.63) is 291 Å². The van der Waals surface area contributed by atoms with Crippen molar-refractivity contribution in [2.45, 2.75) is 314 Å². The van der Waals surface area contributed by atoms with Gasteiger partial charge in [-0.2, -0.15) is 0 Å². The first kappa shape index (κ1) is 64.1. The van der Waals surface area contributed by atoms with Gasteiger partial charge < -0.3 is 9.80 Å². The molecule has 0 radical (unpaired) electrons. The molecule has 123 heavy (non-hydrogen) atoms. The predicted octanol–water partition coefficient (Wildman–Crippen LogP) is 33.0. The SMILES string of the molecule is [2H]c1c([2H])c([2H])c(-c2ccc3c(c2)N(c2c(-c4c([2H])c([2H])c(C(C)(C)C)c([2H])c4[2H])c([2H])c(C(C)(C)C)c([2H])c2-c2c([2H])c([2H])c(C(C)(C)C)c([2H])c2C(C)(C)C)c2cc(-c4cc(C(C)(C)C)cc(C(C)(C)C)c4)cc4c2B3c2ccc(-c3cc(C(C)(C)C)cc(C(C)(C)C)c3)cc2N4c2c(-c3c([2H])c([2H])c(C(C)(C)C)c([2H])c3[2H])c([2H])c(C(C)(C)C)c([2H])c2-c2c([2H])c(C(C)(C)C)c([2H])c(C(C)(C)C)c2[2H])c([2H])c1[2H]. The van der Waals surface area contributed by atoms with Gasteiger partial charge in [0.1, 0.15) is 0 Å². The highest BCUT2D eigenvalue weighted by molar-refractivity contribution is 7.00. The van der Waals surface area contributed by atoms with Crippen molar-refractivity contribution < 1.29 is 31.5 Å². The molecule has 0 fully saturated rings. The predicted molar refractivity (Wildman–Crippen MR) is 543 cm³/mol. The Morgan fingerprint density at radius 2 is 0.504 bits per heavy atom. The first-order chi connectivity index (χ1) is 66.2. The summed E-state index contributed by atoms with van der Waals surface area (Å²) in [6.07, 6.45) is 0. The van der Waals surface area contributed by atoms with Gasteiger partial charge in [0, 0.05) is 45.0 Å². The molecule has 0 amide bonds. The Labute approximate surface area is 777 Å². The molecule has 12 aromatic carbocycles. The first-order valence-corrected chi connectivity index (χ1v) is 44.1. The second-order valence-corrected chi connectivity index (χ2v) is 47.1. The molecule has 3 heteroatoms. The van der Waals surface area contributed by atoms with Crippen LogP contribution in [0.15, 0.2) is 224 Å². The van der Waals surface area contributed by atoms with Crippen molar-refractivity contribution in [1.29, 1.82) is 0 Å². The summed E-state index contributed by atoms with van der Waals surface area (Å²) in [5, 5.41) is 0. The van der Waals surface area contributed by atoms with E-state index in [0.717, 1.165) is 27.8 Å². The third-order valence-corrected chi connectivity index (χ3v) is 24.1. The van der Waals surface area contributed by atoms with Crippen LogP contribution in [0.1, 0.15) is 348 Å². The summed E-state index contributed by atoms with van der Waals surface area (Å²) in [6.45, 7) is 68.6. The minimum Gasteiger partial charge on any atom is -0.310 e. The topological polar surface area (TPSA) is 6.48 Å². The lowest BCUT2D eigenvalue weighted by Crippen LogP contribution is -2.61. The fourth-order valence-corrected chi connectivity index (χ4v) is 16.2. The van der Waals surface area contributed by atoms with Crippen LogP contribution in [0, 0.1) is 0 Å². The zero-order chi connectivity index (χ0) is 110. The average molecular weight is 1650 g/mol. The molecule has 0 saturated carbocycles. The fourth-order valence-electron chi connectivity index (χ4n) is 16.2. The van der Waals surface area contributed by atoms with Crippen molar-refractivity contribution in [2.75, 3.05) is 9.80 Å². The lowest BCUT2D eigenvalue weighted by molar-refractivity contribution is 0.568. The van der Waals surface area contributed by atoms with Crippen molar-refractivity contribution >= 4 is 57.2 Å². The highest BCUT2D eigenvalue weighted by Gasteiger charge is 2.47. The fraction of sp³-hybridized carbons (Fsp3) is 0.400. The van der Waals surface area contributed by atoms with Gasteiger partial charge in [-0.05, 0) is 252 Å². The normalized spacial score (nSPS) is 16.6. The molecule has 0 aromatic heterocycles. The molecule has 2 aliphatic heterocycles. The summed E-state index contributed by atoms with van der Waals surface area (Å²) < 4.78 is 247. The minimum atomic E-state index is -1.30. The van der Waals surface area contributed by atoms with Crippen molar-refractivity contribution in [1.82, 2.24) is 0 Å². The van der Waals surface area contributed by atoms with E-state index in [2.05, 4.69) is 119 Å². The molecule has 0 aliphatic carbocycles. The van der Waals surface area contributed by atoms with Crippen LogP contribution in [0.2, 0.25) is 0 Å². The third kappa shape index (κ3) is 17.8. The number of fused-ring (bicyclic) bond motifs is 4. The number of hydrogen-bond acceptors (Lipinski definition) is 2. The molecule has 0 unspecified atom stereocenters. The first-order valence-electron chi connectivity index (χ1n) is 55.6. The van der Waals surface area contributed by atoms with Crippen LogP contribution < -0.4 is 26.2 Å². The van der Waals surface area contributed by atoms with Crippen molar-refractivity contribution in [3.63, 3.8) is 0 Å². The molecule has 638 valence electrons. The van der Waals surface area contributed by atoms with E-state index in [4.69, 9.17) is 1.37 Å². The van der Waals surface area contributed by atoms with Crippen LogP contribution in [0.25, 0.3) is 77.9 Å². The van der Waals surface area contributed by atoms with Gasteiger partial charge in [0.05, 0.1) is 42.9 Å². The minimum absolute atomic E-state index is 0.00244. The highest BCUT2D eigenvalue weighted by Crippen LogP contribution is 2.58. The van der Waals surface area contributed by atoms with Gasteiger partial charge in [-0.3, -0.25) is 0 Å². The lowest BCUT2D eigenvalue weighted by atomic mass is 9.33. The standard InChI is InChI=1S/C120H145BN2/c1-109(2,3)83-48-42-75(43-49-83)95-69-92(118(28,29)30)71-97(82-60-90(116(22,23)24)68-91(61-82)117(25,26)27)107(95)122-103-63-78(79-56-86(112(10,11)12)66-87(57-79)113(13,14)15)47-55-101(103)121-100-54-46-77(74-40-38-37-39-41-74)62-102(100)123(105-65-81(64-104(122)106(105)121)80-58-88(114(16,17)18)67-89(59-80)115(19,20)21)108-96(76-44-50-84(51-45-76)110(4,5)6)70-93(119(31,32)33)72-98(108)94-53-52-85(111(7,8)9)73-99(94)120(34,35)36/h37-73H,1-36H3/i37D,38D,39D,40D,41D,42D,43D,44D,45D,48D,49D,50D,51D,52D,53D,60D,61D,68D,69D,70D,71D,72D,73D. The van der Waals surface area contributed by atoms with E-state index < -0.39 is 180 Å². The highest BCUT2D eigenvalue weighted by atomic mass is 15.2. The van der Waals surface area contributed by atoms with Gasteiger partial charge in [-0.1, -0.05) is 425 Å². The van der Waals surface area contributed by atoms with Gasteiger partial charge >= 0.3 is 0 Å². The molecular weight excluding hydrogens is 1480 g/mol. The molecule has 2 heterocycles. The number of nitrogens with zero attached hydrogens (tertiary/aromatic N) is 2. The molecule has 0 saturated heterocycles. The van der Waals surface area contributed by atoms with Crippen LogP contribution >= 0.6 is 0 Å². The number of rotatable bonds is 9. The Balaban J connectivity index is 1.45. The molecule has 12 aromatic rings. The molecule has 2 nitrogen and oxygen atoms in total. The molecule has 0 atom stereocenters. The average Bonchev–Trinajstić information content (AvgIpc) is 0.671. The van der Waals surface area contributed by atoms with Gasteiger partial charge in [0.15, 0.2) is 0 Å². The zero-order valence-corrected chi connectivity index (χ0v) is 80.6. The van der Waals surface area contributed by atoms with E-state index in [9.17, 15) is 30.2 Å². The van der Waals surface area contributed by atoms with E-state index in [0.29, 0.717) is 38.8 Å². The van der Waals surface area contributed by atoms with Crippen LogP contribution in [0.5, 0.6) is 0 Å². The third-order valence-electron chi connectivity index (χ3n) is 24.1. The number of benzene rings is 12. The van der Waals surface area contributed by atoms with Gasteiger partial charge in [0.2, 0.25) is 0 Å². The van der Waals surface area contributed by atoms with Crippen molar-refractivity contribution in [3.8, 4) is 77.9 Å². The van der Waals surface area contributed by atoms with E-state index in [1.54, 1.807) is 64.6 Å². The molecular formula is C120H145BN2. The second kappa shape index (κ2) is 30.6. The monoisotopic (exact) mass is 1650 g/mol. The molecule has 0 bridgehead atoms. The maximum Gasteiger partial charge on any atom is 0.252 e. The van der Waals surface area contributed by atoms with Crippen LogP contribution in [-0.2, 0) is 65.0 Å². The Morgan fingerprint density at radius 3 is 0.862 bits per heavy atom. The van der Waals surface area contributed by atoms with Gasteiger partial charge in [-0.15, -0.1) is 0 Å². The summed E-state index contributed by atoms with van der Waals surface area (Å²) >= 11 is 0. The molecule has 0 N–H and O–H groups in total. The van der Waals surface area contributed by atoms with Crippen molar-refractivity contribution in [2.24, 2.45) is 0 Å². The smallest absolute Gasteiger partial charge is 0.252 e. The zero-order valence-electron chi connectivity index (χ0n) is 104. The molecule has 14 rings (SSSR count). The quantitative estimate of drug-likeness (QED) is 0.133. The summed E-state index contributed by atoms with van der Waals surface area (Å²) in [5.74, 6) is 0. The Bertz CT molecular complexity index is 7360.